The number of quaternary nitrogens is 1. The molecule has 1 amide bonds. The summed E-state index contributed by atoms with van der Waals surface area (Å²) >= 11 is 0. The number of aliphatic hydroxyl groups excluding tert-OH is 1. The number of hydrogen-bond acceptors (Lipinski definition) is 13. The Balaban J connectivity index is 1.78. The van der Waals surface area contributed by atoms with Crippen molar-refractivity contribution in [2.45, 2.75) is 60.1 Å². The molecule has 260 valence electrons. The fourth-order valence-corrected chi connectivity index (χ4v) is 5.98. The van der Waals surface area contributed by atoms with Gasteiger partial charge in [0, 0.05) is 19.8 Å². The van der Waals surface area contributed by atoms with E-state index in [2.05, 4.69) is 0 Å². The number of aromatic hydroxyl groups is 3. The monoisotopic (exact) mass is 681 g/mol. The molecule has 2 heterocycles. The van der Waals surface area contributed by atoms with E-state index in [4.69, 9.17) is 19.0 Å². The molecule has 3 aromatic rings. The van der Waals surface area contributed by atoms with Gasteiger partial charge in [-0.05, 0) is 54.3 Å². The molecule has 5 rings (SSSR count). The van der Waals surface area contributed by atoms with Gasteiger partial charge in [-0.25, -0.2) is 0 Å². The number of rotatable bonds is 8. The lowest BCUT2D eigenvalue weighted by Crippen LogP contribution is -2.79. The Bertz CT molecular complexity index is 1890. The molecule has 0 aromatic heterocycles. The minimum Gasteiger partial charge on any atom is -0.508 e. The van der Waals surface area contributed by atoms with E-state index >= 15 is 0 Å². The molecule has 15 nitrogen and oxygen atoms in total. The lowest BCUT2D eigenvalue weighted by molar-refractivity contribution is -1.25. The maximum absolute atomic E-state index is 14.0. The topological polar surface area (TPSA) is 213 Å². The number of ether oxygens (including phenoxy) is 3. The Hall–Kier alpha value is -5.51. The molecule has 2 aliphatic rings. The van der Waals surface area contributed by atoms with Gasteiger partial charge in [0.25, 0.3) is 0 Å². The van der Waals surface area contributed by atoms with Crippen molar-refractivity contribution in [1.29, 1.82) is 0 Å². The quantitative estimate of drug-likeness (QED) is 0.0560. The van der Waals surface area contributed by atoms with Crippen molar-refractivity contribution >= 4 is 17.8 Å². The number of phenolic OH excluding ortho intramolecular Hbond substituents is 3. The van der Waals surface area contributed by atoms with E-state index in [0.717, 1.165) is 13.8 Å². The van der Waals surface area contributed by atoms with Gasteiger partial charge in [0.1, 0.15) is 10.6 Å². The molecule has 0 unspecified atom stereocenters. The van der Waals surface area contributed by atoms with E-state index in [1.54, 1.807) is 27.7 Å². The molecule has 0 saturated heterocycles. The van der Waals surface area contributed by atoms with Crippen LogP contribution in [0.15, 0.2) is 54.0 Å². The summed E-state index contributed by atoms with van der Waals surface area (Å²) in [4.78, 5) is 42.7. The number of benzene rings is 3. The van der Waals surface area contributed by atoms with Crippen molar-refractivity contribution < 1.29 is 69.1 Å². The van der Waals surface area contributed by atoms with E-state index in [1.807, 2.05) is 0 Å². The lowest BCUT2D eigenvalue weighted by Gasteiger charge is -2.49. The number of nitrogens with zero attached hydrogens (tertiary/aromatic N) is 2. The lowest BCUT2D eigenvalue weighted by atomic mass is 9.89. The first-order valence-electron chi connectivity index (χ1n) is 15.4. The summed E-state index contributed by atoms with van der Waals surface area (Å²) in [6, 6.07) is 9.14. The molecule has 0 aliphatic carbocycles. The molecule has 4 atom stereocenters. The number of hydrogen-bond donors (Lipinski definition) is 6. The molecule has 0 fully saturated rings. The summed E-state index contributed by atoms with van der Waals surface area (Å²) < 4.78 is 17.2. The van der Waals surface area contributed by atoms with Crippen LogP contribution in [0.1, 0.15) is 54.4 Å². The number of carbonyl (C=O) groups excluding carboxylic acids is 3. The van der Waals surface area contributed by atoms with Crippen molar-refractivity contribution in [2.24, 2.45) is 11.8 Å². The number of fused-ring (bicyclic) bond motifs is 2. The smallest absolute Gasteiger partial charge is 0.406 e. The zero-order valence-corrected chi connectivity index (χ0v) is 27.5. The zero-order valence-electron chi connectivity index (χ0n) is 27.5. The number of esters is 2. The Kier molecular flexibility index (Phi) is 8.88. The van der Waals surface area contributed by atoms with Crippen LogP contribution < -0.4 is 19.0 Å². The highest BCUT2D eigenvalue weighted by molar-refractivity contribution is 5.96. The van der Waals surface area contributed by atoms with Crippen LogP contribution in [-0.2, 0) is 14.4 Å². The molecule has 0 radical (unpaired) electrons. The number of allylic oxidation sites excluding steroid dienone is 1. The summed E-state index contributed by atoms with van der Waals surface area (Å²) in [7, 11) is 0. The van der Waals surface area contributed by atoms with Gasteiger partial charge in [-0.15, -0.1) is 0 Å². The van der Waals surface area contributed by atoms with Gasteiger partial charge < -0.3 is 34.6 Å². The standard InChI is InChI=1S/C34H36N2O13/c1-7-16(3)27-32(42)36(45)34(17(4)8-2,33(43)35(27)44)48-24-15-21(11-14-23(24)49-36)26-29(41)28(40)25(20-9-12-22(39)13-10-20)30(46-18(5)37)31(26)47-19(6)38/h9-17,44-45H,7-8H2,1-6H3,(H3-,39,40,41,42)/p+1/t16-,17+,34+,36-/m0/s1. The number of carbonyl (C=O) groups is 3. The second kappa shape index (κ2) is 12.5. The minimum absolute atomic E-state index is 0.0153. The van der Waals surface area contributed by atoms with Crippen LogP contribution in [0.25, 0.3) is 22.3 Å². The molecule has 6 N–H and O–H groups in total. The molecule has 15 heteroatoms. The SMILES string of the molecule is CC[C@@H](C)[C@]12Oc3cc(-c4c(O)c(O)c(-c5ccc(O)cc5)c(OC(C)=O)c4OC(C)=O)ccc3O[N@@+]1(O)C(O)=C([C@@H](C)CC)N(O)C2=O. The summed E-state index contributed by atoms with van der Waals surface area (Å²) in [6.07, 6.45) is 0.572. The number of aliphatic hydroxyl groups is 1. The fourth-order valence-electron chi connectivity index (χ4n) is 5.98. The van der Waals surface area contributed by atoms with Crippen molar-refractivity contribution in [2.75, 3.05) is 0 Å². The average molecular weight is 682 g/mol. The zero-order chi connectivity index (χ0) is 36.2. The second-order valence-electron chi connectivity index (χ2n) is 11.9. The highest BCUT2D eigenvalue weighted by Gasteiger charge is 2.77. The molecular formula is C34H37N2O13+. The Morgan fingerprint density at radius 2 is 1.39 bits per heavy atom. The van der Waals surface area contributed by atoms with E-state index in [9.17, 15) is 45.2 Å². The summed E-state index contributed by atoms with van der Waals surface area (Å²) in [6.45, 7) is 8.76. The highest BCUT2D eigenvalue weighted by atomic mass is 17.0. The molecule has 49 heavy (non-hydrogen) atoms. The summed E-state index contributed by atoms with van der Waals surface area (Å²) in [5, 5.41) is 67.2. The second-order valence-corrected chi connectivity index (χ2v) is 11.9. The molecule has 2 aliphatic heterocycles. The summed E-state index contributed by atoms with van der Waals surface area (Å²) in [5.41, 5.74) is -3.19. The van der Waals surface area contributed by atoms with Crippen LogP contribution >= 0.6 is 0 Å². The van der Waals surface area contributed by atoms with Crippen LogP contribution in [0, 0.1) is 11.8 Å². The van der Waals surface area contributed by atoms with E-state index in [0.29, 0.717) is 6.42 Å². The first kappa shape index (κ1) is 34.8. The van der Waals surface area contributed by atoms with Crippen LogP contribution in [-0.4, -0.2) is 64.3 Å². The Morgan fingerprint density at radius 3 is 1.90 bits per heavy atom. The fraction of sp³-hybridized carbons (Fsp3) is 0.324. The van der Waals surface area contributed by atoms with Gasteiger partial charge in [0.15, 0.2) is 34.4 Å². The van der Waals surface area contributed by atoms with Gasteiger partial charge >= 0.3 is 29.5 Å². The number of amides is 1. The van der Waals surface area contributed by atoms with Crippen molar-refractivity contribution in [1.82, 2.24) is 5.06 Å². The maximum Gasteiger partial charge on any atom is 0.406 e. The van der Waals surface area contributed by atoms with Crippen LogP contribution in [0.5, 0.6) is 40.2 Å². The van der Waals surface area contributed by atoms with Gasteiger partial charge in [0.2, 0.25) is 5.75 Å². The van der Waals surface area contributed by atoms with Gasteiger partial charge in [-0.1, -0.05) is 39.8 Å². The van der Waals surface area contributed by atoms with Gasteiger partial charge in [-0.2, -0.15) is 10.3 Å². The minimum atomic E-state index is -2.48. The van der Waals surface area contributed by atoms with Crippen molar-refractivity contribution in [3.05, 3.63) is 54.0 Å². The van der Waals surface area contributed by atoms with Crippen LogP contribution in [0.4, 0.5) is 0 Å². The third kappa shape index (κ3) is 5.31. The highest BCUT2D eigenvalue weighted by Crippen LogP contribution is 2.58. The predicted octanol–water partition coefficient (Wildman–Crippen LogP) is 5.63. The Labute approximate surface area is 280 Å². The van der Waals surface area contributed by atoms with Crippen molar-refractivity contribution in [3.63, 3.8) is 0 Å². The van der Waals surface area contributed by atoms with Crippen molar-refractivity contribution in [3.8, 4) is 62.5 Å². The largest absolute Gasteiger partial charge is 0.508 e. The Morgan fingerprint density at radius 1 is 0.857 bits per heavy atom. The molecule has 0 spiro atoms. The maximum atomic E-state index is 14.0. The van der Waals surface area contributed by atoms with Gasteiger partial charge in [-0.3, -0.25) is 24.4 Å². The first-order valence-corrected chi connectivity index (χ1v) is 15.4. The normalized spacial score (nSPS) is 21.1. The third-order valence-electron chi connectivity index (χ3n) is 8.79. The molecular weight excluding hydrogens is 644 g/mol. The molecule has 0 bridgehead atoms. The number of hydroxylamine groups is 6. The van der Waals surface area contributed by atoms with E-state index < -0.39 is 69.1 Å². The number of phenols is 3. The first-order chi connectivity index (χ1) is 23.0. The predicted molar refractivity (Wildman–Crippen MR) is 168 cm³/mol. The van der Waals surface area contributed by atoms with Gasteiger partial charge in [0.05, 0.1) is 17.0 Å². The average Bonchev–Trinajstić information content (AvgIpc) is 3.05. The third-order valence-corrected chi connectivity index (χ3v) is 8.79. The molecule has 3 aromatic carbocycles. The van der Waals surface area contributed by atoms with Crippen LogP contribution in [0.2, 0.25) is 0 Å². The van der Waals surface area contributed by atoms with E-state index in [-0.39, 0.29) is 56.7 Å². The summed E-state index contributed by atoms with van der Waals surface area (Å²) in [5.74, 6) is -8.29. The molecule has 0 saturated carbocycles. The van der Waals surface area contributed by atoms with E-state index in [1.165, 1.54) is 42.5 Å². The van der Waals surface area contributed by atoms with Crippen LogP contribution in [0.3, 0.4) is 0 Å².